The van der Waals surface area contributed by atoms with Gasteiger partial charge in [-0.25, -0.2) is 14.6 Å². The second kappa shape index (κ2) is 6.25. The second-order valence-corrected chi connectivity index (χ2v) is 5.75. The molecule has 0 saturated heterocycles. The lowest BCUT2D eigenvalue weighted by Crippen LogP contribution is -2.49. The molecule has 0 unspecified atom stereocenters. The number of nitrogens with zero attached hydrogens (tertiary/aromatic N) is 1. The molecule has 0 aliphatic rings. The van der Waals surface area contributed by atoms with Crippen LogP contribution in [0.4, 0.5) is 9.93 Å². The van der Waals surface area contributed by atoms with Gasteiger partial charge in [-0.15, -0.1) is 0 Å². The van der Waals surface area contributed by atoms with Gasteiger partial charge in [-0.05, 0) is 25.1 Å². The fourth-order valence-corrected chi connectivity index (χ4v) is 2.75. The quantitative estimate of drug-likeness (QED) is 0.684. The summed E-state index contributed by atoms with van der Waals surface area (Å²) in [5, 5.41) is 23.6. The number of carbonyl (C=O) groups excluding carboxylic acids is 1. The number of carboxylic acid groups (broad SMARTS) is 1. The molecule has 4 N–H and O–H groups in total. The molecular formula is C12H12ClN3O4S. The van der Waals surface area contributed by atoms with Gasteiger partial charge in [0.1, 0.15) is 0 Å². The van der Waals surface area contributed by atoms with Gasteiger partial charge in [0.2, 0.25) is 0 Å². The van der Waals surface area contributed by atoms with Crippen LogP contribution in [0, 0.1) is 0 Å². The Balaban J connectivity index is 2.09. The molecule has 1 aromatic carbocycles. The summed E-state index contributed by atoms with van der Waals surface area (Å²) in [4.78, 5) is 26.8. The van der Waals surface area contributed by atoms with E-state index in [4.69, 9.17) is 16.7 Å². The number of urea groups is 1. The first-order chi connectivity index (χ1) is 9.86. The number of benzene rings is 1. The molecule has 0 spiro atoms. The van der Waals surface area contributed by atoms with E-state index in [2.05, 4.69) is 15.6 Å². The minimum Gasteiger partial charge on any atom is -0.480 e. The predicted molar refractivity (Wildman–Crippen MR) is 79.9 cm³/mol. The molecule has 0 aliphatic carbocycles. The van der Waals surface area contributed by atoms with Crippen LogP contribution in [0.2, 0.25) is 5.02 Å². The van der Waals surface area contributed by atoms with Crippen molar-refractivity contribution in [2.24, 2.45) is 0 Å². The summed E-state index contributed by atoms with van der Waals surface area (Å²) < 4.78 is 0.795. The summed E-state index contributed by atoms with van der Waals surface area (Å²) in [6, 6.07) is 2.96. The number of amides is 2. The first kappa shape index (κ1) is 15.5. The highest BCUT2D eigenvalue weighted by atomic mass is 35.5. The van der Waals surface area contributed by atoms with Crippen LogP contribution in [-0.4, -0.2) is 39.3 Å². The van der Waals surface area contributed by atoms with Gasteiger partial charge >= 0.3 is 12.0 Å². The molecule has 2 rings (SSSR count). The third-order valence-electron chi connectivity index (χ3n) is 2.61. The van der Waals surface area contributed by atoms with E-state index < -0.39 is 24.1 Å². The first-order valence-electron chi connectivity index (χ1n) is 5.91. The van der Waals surface area contributed by atoms with Crippen LogP contribution in [0.25, 0.3) is 10.2 Å². The summed E-state index contributed by atoms with van der Waals surface area (Å²) >= 11 is 7.06. The van der Waals surface area contributed by atoms with Crippen LogP contribution in [-0.2, 0) is 4.79 Å². The number of hydrogen-bond acceptors (Lipinski definition) is 5. The maximum absolute atomic E-state index is 11.7. The molecule has 7 nitrogen and oxygen atoms in total. The number of thiazole rings is 1. The molecule has 2 amide bonds. The summed E-state index contributed by atoms with van der Waals surface area (Å²) in [6.45, 7) is 1.28. The minimum atomic E-state index is -1.39. The number of carboxylic acids is 1. The molecule has 2 aromatic rings. The molecule has 0 saturated carbocycles. The highest BCUT2D eigenvalue weighted by molar-refractivity contribution is 7.22. The Morgan fingerprint density at radius 3 is 2.76 bits per heavy atom. The number of aliphatic hydroxyl groups excluding tert-OH is 1. The van der Waals surface area contributed by atoms with E-state index in [1.807, 2.05) is 0 Å². The molecule has 1 aromatic heterocycles. The van der Waals surface area contributed by atoms with Gasteiger partial charge in [0.05, 0.1) is 16.3 Å². The number of aliphatic hydroxyl groups is 1. The van der Waals surface area contributed by atoms with Crippen molar-refractivity contribution in [2.45, 2.75) is 19.1 Å². The lowest BCUT2D eigenvalue weighted by atomic mass is 10.2. The topological polar surface area (TPSA) is 112 Å². The van der Waals surface area contributed by atoms with Crippen molar-refractivity contribution >= 4 is 50.3 Å². The number of rotatable bonds is 4. The number of nitrogens with one attached hydrogen (secondary N) is 2. The molecule has 0 aliphatic heterocycles. The maximum atomic E-state index is 11.7. The summed E-state index contributed by atoms with van der Waals surface area (Å²) in [7, 11) is 0. The third-order valence-corrected chi connectivity index (χ3v) is 3.77. The molecule has 0 bridgehead atoms. The van der Waals surface area contributed by atoms with Crippen LogP contribution in [0.1, 0.15) is 6.92 Å². The molecule has 21 heavy (non-hydrogen) atoms. The van der Waals surface area contributed by atoms with Crippen molar-refractivity contribution in [3.05, 3.63) is 23.2 Å². The fraction of sp³-hybridized carbons (Fsp3) is 0.250. The Hall–Kier alpha value is -1.90. The number of anilines is 1. The van der Waals surface area contributed by atoms with Gasteiger partial charge in [0, 0.05) is 5.02 Å². The van der Waals surface area contributed by atoms with Gasteiger partial charge in [0.25, 0.3) is 0 Å². The Bertz CT molecular complexity index is 688. The van der Waals surface area contributed by atoms with E-state index >= 15 is 0 Å². The number of hydrogen-bond donors (Lipinski definition) is 4. The van der Waals surface area contributed by atoms with Crippen molar-refractivity contribution in [3.8, 4) is 0 Å². The summed E-state index contributed by atoms with van der Waals surface area (Å²) in [5.41, 5.74) is 0.671. The zero-order chi connectivity index (χ0) is 15.6. The zero-order valence-corrected chi connectivity index (χ0v) is 12.4. The third kappa shape index (κ3) is 3.81. The van der Waals surface area contributed by atoms with Gasteiger partial charge in [0.15, 0.2) is 11.2 Å². The largest absolute Gasteiger partial charge is 0.480 e. The highest BCUT2D eigenvalue weighted by Crippen LogP contribution is 2.28. The van der Waals surface area contributed by atoms with E-state index in [1.165, 1.54) is 18.3 Å². The zero-order valence-electron chi connectivity index (χ0n) is 10.8. The van der Waals surface area contributed by atoms with E-state index in [9.17, 15) is 14.7 Å². The van der Waals surface area contributed by atoms with Crippen LogP contribution in [0.3, 0.4) is 0 Å². The fourth-order valence-electron chi connectivity index (χ4n) is 1.62. The monoisotopic (exact) mass is 329 g/mol. The number of carbonyl (C=O) groups is 2. The highest BCUT2D eigenvalue weighted by Gasteiger charge is 2.25. The summed E-state index contributed by atoms with van der Waals surface area (Å²) in [5.74, 6) is -1.32. The molecule has 0 fully saturated rings. The van der Waals surface area contributed by atoms with Gasteiger partial charge in [-0.3, -0.25) is 5.32 Å². The molecule has 112 valence electrons. The van der Waals surface area contributed by atoms with Crippen LogP contribution < -0.4 is 10.6 Å². The first-order valence-corrected chi connectivity index (χ1v) is 7.11. The Kier molecular flexibility index (Phi) is 4.61. The Morgan fingerprint density at radius 1 is 1.43 bits per heavy atom. The molecule has 9 heteroatoms. The van der Waals surface area contributed by atoms with Gasteiger partial charge < -0.3 is 15.5 Å². The van der Waals surface area contributed by atoms with Crippen molar-refractivity contribution < 1.29 is 19.8 Å². The van der Waals surface area contributed by atoms with Crippen LogP contribution in [0.5, 0.6) is 0 Å². The SMILES string of the molecule is C[C@@H](O)[C@H](NC(=O)Nc1nc2ccc(Cl)cc2s1)C(=O)O. The van der Waals surface area contributed by atoms with Gasteiger partial charge in [-0.2, -0.15) is 0 Å². The number of fused-ring (bicyclic) bond motifs is 1. The molecule has 2 atom stereocenters. The lowest BCUT2D eigenvalue weighted by molar-refractivity contribution is -0.141. The van der Waals surface area contributed by atoms with Crippen LogP contribution in [0.15, 0.2) is 18.2 Å². The molecule has 1 heterocycles. The van der Waals surface area contributed by atoms with Gasteiger partial charge in [-0.1, -0.05) is 22.9 Å². The smallest absolute Gasteiger partial charge is 0.328 e. The molecular weight excluding hydrogens is 318 g/mol. The number of halogens is 1. The van der Waals surface area contributed by atoms with E-state index in [0.29, 0.717) is 15.7 Å². The second-order valence-electron chi connectivity index (χ2n) is 4.29. The minimum absolute atomic E-state index is 0.305. The number of aliphatic carboxylic acids is 1. The van der Waals surface area contributed by atoms with E-state index in [-0.39, 0.29) is 0 Å². The van der Waals surface area contributed by atoms with Crippen molar-refractivity contribution in [1.29, 1.82) is 0 Å². The molecule has 0 radical (unpaired) electrons. The predicted octanol–water partition coefficient (Wildman–Crippen LogP) is 1.91. The van der Waals surface area contributed by atoms with Crippen LogP contribution >= 0.6 is 22.9 Å². The maximum Gasteiger partial charge on any atom is 0.328 e. The average molecular weight is 330 g/mol. The standard InChI is InChI=1S/C12H12ClN3O4S/c1-5(17)9(10(18)19)15-11(20)16-12-14-7-3-2-6(13)4-8(7)21-12/h2-5,9,17H,1H3,(H,18,19)(H2,14,15,16,20)/t5-,9+/m1/s1. The summed E-state index contributed by atoms with van der Waals surface area (Å²) in [6.07, 6.45) is -1.22. The van der Waals surface area contributed by atoms with Crippen molar-refractivity contribution in [3.63, 3.8) is 0 Å². The Morgan fingerprint density at radius 2 is 2.14 bits per heavy atom. The van der Waals surface area contributed by atoms with E-state index in [1.54, 1.807) is 18.2 Å². The lowest BCUT2D eigenvalue weighted by Gasteiger charge is -2.16. The number of aromatic nitrogens is 1. The normalized spacial score (nSPS) is 13.7. The van der Waals surface area contributed by atoms with E-state index in [0.717, 1.165) is 4.70 Å². The average Bonchev–Trinajstić information content (AvgIpc) is 2.76. The Labute approximate surface area is 128 Å². The van der Waals surface area contributed by atoms with Crippen molar-refractivity contribution in [2.75, 3.05) is 5.32 Å². The van der Waals surface area contributed by atoms with Crippen molar-refractivity contribution in [1.82, 2.24) is 10.3 Å².